The van der Waals surface area contributed by atoms with Gasteiger partial charge in [0.05, 0.1) is 13.7 Å². The molecule has 20 heavy (non-hydrogen) atoms. The lowest BCUT2D eigenvalue weighted by molar-refractivity contribution is 0.147. The molecule has 0 spiro atoms. The van der Waals surface area contributed by atoms with Crippen LogP contribution in [-0.2, 0) is 11.2 Å². The summed E-state index contributed by atoms with van der Waals surface area (Å²) in [6.07, 6.45) is 2.11. The van der Waals surface area contributed by atoms with Crippen molar-refractivity contribution in [1.82, 2.24) is 5.32 Å². The second kappa shape index (κ2) is 6.92. The molecule has 1 N–H and O–H groups in total. The Morgan fingerprint density at radius 3 is 2.85 bits per heavy atom. The first-order valence-electron chi connectivity index (χ1n) is 7.18. The molecule has 1 aliphatic rings. The summed E-state index contributed by atoms with van der Waals surface area (Å²) in [5.74, 6) is 0.911. The van der Waals surface area contributed by atoms with Crippen LogP contribution in [-0.4, -0.2) is 32.9 Å². The van der Waals surface area contributed by atoms with Crippen LogP contribution in [0.4, 0.5) is 0 Å². The highest BCUT2D eigenvalue weighted by molar-refractivity contribution is 9.10. The smallest absolute Gasteiger partial charge is 0.119 e. The van der Waals surface area contributed by atoms with Gasteiger partial charge in [-0.3, -0.25) is 0 Å². The van der Waals surface area contributed by atoms with Crippen molar-refractivity contribution in [3.63, 3.8) is 0 Å². The molecule has 0 aromatic heterocycles. The number of methoxy groups -OCH3 is 1. The minimum atomic E-state index is 0.194. The van der Waals surface area contributed by atoms with E-state index >= 15 is 0 Å². The summed E-state index contributed by atoms with van der Waals surface area (Å²) in [5, 5.41) is 3.57. The highest BCUT2D eigenvalue weighted by Gasteiger charge is 2.35. The van der Waals surface area contributed by atoms with Gasteiger partial charge < -0.3 is 14.8 Å². The molecule has 0 radical (unpaired) electrons. The molecule has 1 atom stereocenters. The zero-order valence-corrected chi connectivity index (χ0v) is 14.1. The van der Waals surface area contributed by atoms with Gasteiger partial charge in [-0.2, -0.15) is 0 Å². The molecule has 1 fully saturated rings. The van der Waals surface area contributed by atoms with Gasteiger partial charge in [0, 0.05) is 29.1 Å². The van der Waals surface area contributed by atoms with Crippen molar-refractivity contribution in [2.75, 3.05) is 26.9 Å². The summed E-state index contributed by atoms with van der Waals surface area (Å²) in [7, 11) is 1.71. The summed E-state index contributed by atoms with van der Waals surface area (Å²) in [4.78, 5) is 0. The summed E-state index contributed by atoms with van der Waals surface area (Å²) in [6, 6.07) is 6.67. The van der Waals surface area contributed by atoms with Crippen molar-refractivity contribution >= 4 is 15.9 Å². The first kappa shape index (κ1) is 15.8. The molecular formula is C16H24BrNO2. The molecule has 1 aromatic carbocycles. The number of halogens is 1. The molecule has 1 saturated heterocycles. The van der Waals surface area contributed by atoms with Crippen LogP contribution in [0.1, 0.15) is 25.8 Å². The van der Waals surface area contributed by atoms with Crippen molar-refractivity contribution in [3.05, 3.63) is 28.2 Å². The molecule has 0 aliphatic carbocycles. The SMILES string of the molecule is COc1ccc(Br)c(CC2(CNC(C)C)CCOC2)c1. The van der Waals surface area contributed by atoms with E-state index in [4.69, 9.17) is 9.47 Å². The Hall–Kier alpha value is -0.580. The van der Waals surface area contributed by atoms with Gasteiger partial charge >= 0.3 is 0 Å². The predicted octanol–water partition coefficient (Wildman–Crippen LogP) is 3.40. The van der Waals surface area contributed by atoms with Gasteiger partial charge in [0.25, 0.3) is 0 Å². The zero-order chi connectivity index (χ0) is 14.6. The molecule has 1 heterocycles. The number of hydrogen-bond donors (Lipinski definition) is 1. The lowest BCUT2D eigenvalue weighted by atomic mass is 9.80. The van der Waals surface area contributed by atoms with E-state index in [0.29, 0.717) is 6.04 Å². The van der Waals surface area contributed by atoms with Crippen LogP contribution < -0.4 is 10.1 Å². The zero-order valence-electron chi connectivity index (χ0n) is 12.5. The van der Waals surface area contributed by atoms with E-state index in [1.807, 2.05) is 6.07 Å². The maximum absolute atomic E-state index is 5.67. The number of hydrogen-bond acceptors (Lipinski definition) is 3. The Labute approximate surface area is 130 Å². The van der Waals surface area contributed by atoms with Gasteiger partial charge in [-0.1, -0.05) is 29.8 Å². The van der Waals surface area contributed by atoms with E-state index in [0.717, 1.165) is 42.8 Å². The summed E-state index contributed by atoms with van der Waals surface area (Å²) < 4.78 is 12.2. The number of rotatable bonds is 6. The van der Waals surface area contributed by atoms with Crippen molar-refractivity contribution in [3.8, 4) is 5.75 Å². The molecule has 3 nitrogen and oxygen atoms in total. The molecule has 0 saturated carbocycles. The second-order valence-corrected chi connectivity index (χ2v) is 6.83. The highest BCUT2D eigenvalue weighted by atomic mass is 79.9. The van der Waals surface area contributed by atoms with Crippen LogP contribution >= 0.6 is 15.9 Å². The normalized spacial score (nSPS) is 22.4. The van der Waals surface area contributed by atoms with Crippen LogP contribution in [0.2, 0.25) is 0 Å². The van der Waals surface area contributed by atoms with E-state index in [-0.39, 0.29) is 5.41 Å². The third-order valence-corrected chi connectivity index (χ3v) is 4.66. The third-order valence-electron chi connectivity index (χ3n) is 3.89. The quantitative estimate of drug-likeness (QED) is 0.860. The van der Waals surface area contributed by atoms with Crippen LogP contribution in [0.15, 0.2) is 22.7 Å². The fraction of sp³-hybridized carbons (Fsp3) is 0.625. The second-order valence-electron chi connectivity index (χ2n) is 5.97. The first-order valence-corrected chi connectivity index (χ1v) is 7.97. The van der Waals surface area contributed by atoms with Gasteiger partial charge in [-0.25, -0.2) is 0 Å². The Morgan fingerprint density at radius 1 is 1.45 bits per heavy atom. The monoisotopic (exact) mass is 341 g/mol. The Balaban J connectivity index is 2.15. The molecule has 1 aromatic rings. The molecule has 0 amide bonds. The van der Waals surface area contributed by atoms with Crippen molar-refractivity contribution < 1.29 is 9.47 Å². The third kappa shape index (κ3) is 3.96. The first-order chi connectivity index (χ1) is 9.54. The number of benzene rings is 1. The highest BCUT2D eigenvalue weighted by Crippen LogP contribution is 2.35. The van der Waals surface area contributed by atoms with Crippen LogP contribution in [0.3, 0.4) is 0 Å². The minimum absolute atomic E-state index is 0.194. The number of nitrogens with one attached hydrogen (secondary N) is 1. The summed E-state index contributed by atoms with van der Waals surface area (Å²) in [5.41, 5.74) is 1.49. The van der Waals surface area contributed by atoms with Gasteiger partial charge in [0.15, 0.2) is 0 Å². The lowest BCUT2D eigenvalue weighted by Gasteiger charge is -2.29. The topological polar surface area (TPSA) is 30.5 Å². The van der Waals surface area contributed by atoms with E-state index in [2.05, 4.69) is 47.2 Å². The van der Waals surface area contributed by atoms with Crippen molar-refractivity contribution in [1.29, 1.82) is 0 Å². The van der Waals surface area contributed by atoms with E-state index in [1.165, 1.54) is 5.56 Å². The maximum Gasteiger partial charge on any atom is 0.119 e. The average molecular weight is 342 g/mol. The van der Waals surface area contributed by atoms with Crippen molar-refractivity contribution in [2.45, 2.75) is 32.7 Å². The van der Waals surface area contributed by atoms with Crippen LogP contribution in [0, 0.1) is 5.41 Å². The van der Waals surface area contributed by atoms with Crippen LogP contribution in [0.25, 0.3) is 0 Å². The summed E-state index contributed by atoms with van der Waals surface area (Å²) in [6.45, 7) is 7.06. The minimum Gasteiger partial charge on any atom is -0.497 e. The van der Waals surface area contributed by atoms with E-state index in [9.17, 15) is 0 Å². The van der Waals surface area contributed by atoms with Gasteiger partial charge in [0.1, 0.15) is 5.75 Å². The molecule has 1 aliphatic heterocycles. The van der Waals surface area contributed by atoms with Gasteiger partial charge in [0.2, 0.25) is 0 Å². The molecule has 1 unspecified atom stereocenters. The Bertz CT molecular complexity index is 442. The summed E-state index contributed by atoms with van der Waals surface area (Å²) >= 11 is 3.65. The standard InChI is InChI=1S/C16H24BrNO2/c1-12(2)18-10-16(6-7-20-11-16)9-13-8-14(19-3)4-5-15(13)17/h4-5,8,12,18H,6-7,9-11H2,1-3H3. The fourth-order valence-corrected chi connectivity index (χ4v) is 3.02. The Kier molecular flexibility index (Phi) is 5.47. The predicted molar refractivity (Wildman–Crippen MR) is 85.4 cm³/mol. The molecule has 112 valence electrons. The lowest BCUT2D eigenvalue weighted by Crippen LogP contribution is -2.39. The van der Waals surface area contributed by atoms with E-state index in [1.54, 1.807) is 7.11 Å². The van der Waals surface area contributed by atoms with Gasteiger partial charge in [-0.15, -0.1) is 0 Å². The largest absolute Gasteiger partial charge is 0.497 e. The molecule has 4 heteroatoms. The maximum atomic E-state index is 5.67. The molecular weight excluding hydrogens is 318 g/mol. The average Bonchev–Trinajstić information content (AvgIpc) is 2.88. The molecule has 0 bridgehead atoms. The number of ether oxygens (including phenoxy) is 2. The Morgan fingerprint density at radius 2 is 2.25 bits per heavy atom. The van der Waals surface area contributed by atoms with E-state index < -0.39 is 0 Å². The molecule has 2 rings (SSSR count). The van der Waals surface area contributed by atoms with Crippen LogP contribution in [0.5, 0.6) is 5.75 Å². The van der Waals surface area contributed by atoms with Gasteiger partial charge in [-0.05, 0) is 36.6 Å². The fourth-order valence-electron chi connectivity index (χ4n) is 2.63. The van der Waals surface area contributed by atoms with Crippen molar-refractivity contribution in [2.24, 2.45) is 5.41 Å².